The summed E-state index contributed by atoms with van der Waals surface area (Å²) in [5.41, 5.74) is 1.37. The molecular formula is C13H15N5O2S. The molecule has 0 aliphatic carbocycles. The van der Waals surface area contributed by atoms with Crippen LogP contribution in [0.2, 0.25) is 0 Å². The van der Waals surface area contributed by atoms with E-state index in [4.69, 9.17) is 0 Å². The fourth-order valence-corrected chi connectivity index (χ4v) is 2.38. The smallest absolute Gasteiger partial charge is 0.221 e. The lowest BCUT2D eigenvalue weighted by atomic mass is 10.3. The molecule has 0 aliphatic heterocycles. The molecule has 21 heavy (non-hydrogen) atoms. The third-order valence-corrected chi connectivity index (χ3v) is 3.86. The second kappa shape index (κ2) is 6.49. The maximum Gasteiger partial charge on any atom is 0.221 e. The minimum Gasteiger partial charge on any atom is -0.326 e. The molecule has 1 heterocycles. The molecule has 8 heteroatoms. The Morgan fingerprint density at radius 2 is 2.10 bits per heavy atom. The predicted molar refractivity (Wildman–Crippen MR) is 79.5 cm³/mol. The van der Waals surface area contributed by atoms with Gasteiger partial charge in [-0.25, -0.2) is 0 Å². The van der Waals surface area contributed by atoms with Crippen molar-refractivity contribution < 1.29 is 9.59 Å². The molecule has 1 amide bonds. The number of hydrogen-bond donors (Lipinski definition) is 1. The second-order valence-electron chi connectivity index (χ2n) is 4.48. The van der Waals surface area contributed by atoms with Crippen molar-refractivity contribution in [3.05, 3.63) is 24.3 Å². The molecular weight excluding hydrogens is 290 g/mol. The van der Waals surface area contributed by atoms with Crippen LogP contribution in [0.3, 0.4) is 0 Å². The van der Waals surface area contributed by atoms with Crippen LogP contribution in [-0.4, -0.2) is 37.1 Å². The molecule has 7 nitrogen and oxygen atoms in total. The van der Waals surface area contributed by atoms with Crippen molar-refractivity contribution in [2.24, 2.45) is 0 Å². The lowest BCUT2D eigenvalue weighted by molar-refractivity contribution is -0.116. The quantitative estimate of drug-likeness (QED) is 0.845. The van der Waals surface area contributed by atoms with Gasteiger partial charge >= 0.3 is 0 Å². The molecule has 2 rings (SSSR count). The van der Waals surface area contributed by atoms with Crippen LogP contribution in [0.4, 0.5) is 5.69 Å². The maximum absolute atomic E-state index is 11.3. The van der Waals surface area contributed by atoms with Crippen molar-refractivity contribution in [3.8, 4) is 5.69 Å². The van der Waals surface area contributed by atoms with Gasteiger partial charge in [0.2, 0.25) is 11.1 Å². The number of hydrogen-bond acceptors (Lipinski definition) is 6. The Hall–Kier alpha value is -2.22. The Morgan fingerprint density at radius 1 is 1.33 bits per heavy atom. The van der Waals surface area contributed by atoms with Crippen molar-refractivity contribution in [2.75, 3.05) is 5.32 Å². The number of benzene rings is 1. The van der Waals surface area contributed by atoms with Gasteiger partial charge in [-0.1, -0.05) is 17.8 Å². The van der Waals surface area contributed by atoms with Crippen LogP contribution >= 0.6 is 11.8 Å². The predicted octanol–water partition coefficient (Wildman–Crippen LogP) is 1.69. The molecule has 1 aromatic carbocycles. The second-order valence-corrected chi connectivity index (χ2v) is 5.78. The first-order chi connectivity index (χ1) is 9.97. The molecule has 0 saturated heterocycles. The van der Waals surface area contributed by atoms with Crippen molar-refractivity contribution in [1.29, 1.82) is 0 Å². The van der Waals surface area contributed by atoms with E-state index in [1.807, 2.05) is 6.07 Å². The summed E-state index contributed by atoms with van der Waals surface area (Å²) in [5.74, 6) is -0.0924. The van der Waals surface area contributed by atoms with Gasteiger partial charge in [0.25, 0.3) is 0 Å². The highest BCUT2D eigenvalue weighted by molar-refractivity contribution is 8.00. The molecule has 0 unspecified atom stereocenters. The highest BCUT2D eigenvalue weighted by atomic mass is 32.2. The molecule has 1 atom stereocenters. The fraction of sp³-hybridized carbons (Fsp3) is 0.308. The lowest BCUT2D eigenvalue weighted by Crippen LogP contribution is -2.10. The van der Waals surface area contributed by atoms with Crippen LogP contribution in [0.1, 0.15) is 20.8 Å². The molecule has 1 aromatic heterocycles. The molecule has 0 spiro atoms. The third kappa shape index (κ3) is 3.88. The van der Waals surface area contributed by atoms with Gasteiger partial charge in [0.1, 0.15) is 5.78 Å². The summed E-state index contributed by atoms with van der Waals surface area (Å²) in [7, 11) is 0. The number of carbonyl (C=O) groups is 2. The number of tetrazole rings is 1. The van der Waals surface area contributed by atoms with Crippen molar-refractivity contribution in [1.82, 2.24) is 20.2 Å². The first-order valence-corrected chi connectivity index (χ1v) is 7.19. The topological polar surface area (TPSA) is 89.8 Å². The van der Waals surface area contributed by atoms with Crippen LogP contribution in [0.15, 0.2) is 29.4 Å². The first kappa shape index (κ1) is 15.2. The highest BCUT2D eigenvalue weighted by Crippen LogP contribution is 2.24. The van der Waals surface area contributed by atoms with E-state index in [1.165, 1.54) is 30.3 Å². The van der Waals surface area contributed by atoms with Gasteiger partial charge in [-0.05, 0) is 42.5 Å². The standard InChI is InChI=1S/C13H15N5O2S/c1-8(19)9(2)21-13-15-16-17-18(13)12-6-4-5-11(7-12)14-10(3)20/h4-7,9H,1-3H3,(H,14,20)/t9-/m1/s1. The van der Waals surface area contributed by atoms with E-state index in [-0.39, 0.29) is 16.9 Å². The Balaban J connectivity index is 2.28. The molecule has 0 bridgehead atoms. The largest absolute Gasteiger partial charge is 0.326 e. The summed E-state index contributed by atoms with van der Waals surface area (Å²) < 4.78 is 1.54. The van der Waals surface area contributed by atoms with E-state index in [0.717, 1.165) is 0 Å². The zero-order chi connectivity index (χ0) is 15.4. The number of nitrogens with one attached hydrogen (secondary N) is 1. The average Bonchev–Trinajstić information content (AvgIpc) is 2.86. The monoisotopic (exact) mass is 305 g/mol. The highest BCUT2D eigenvalue weighted by Gasteiger charge is 2.16. The van der Waals surface area contributed by atoms with Crippen LogP contribution < -0.4 is 5.32 Å². The van der Waals surface area contributed by atoms with E-state index < -0.39 is 0 Å². The molecule has 0 aliphatic rings. The molecule has 110 valence electrons. The number of thioether (sulfide) groups is 1. The number of nitrogens with zero attached hydrogens (tertiary/aromatic N) is 4. The van der Waals surface area contributed by atoms with Gasteiger partial charge in [0.05, 0.1) is 10.9 Å². The summed E-state index contributed by atoms with van der Waals surface area (Å²) in [4.78, 5) is 22.4. The third-order valence-electron chi connectivity index (χ3n) is 2.71. The van der Waals surface area contributed by atoms with Gasteiger partial charge in [-0.3, -0.25) is 9.59 Å². The minimum absolute atomic E-state index is 0.0570. The zero-order valence-corrected chi connectivity index (χ0v) is 12.7. The average molecular weight is 305 g/mol. The number of amides is 1. The Kier molecular flexibility index (Phi) is 4.69. The van der Waals surface area contributed by atoms with Crippen molar-refractivity contribution in [3.63, 3.8) is 0 Å². The lowest BCUT2D eigenvalue weighted by Gasteiger charge is -2.09. The minimum atomic E-state index is -0.228. The van der Waals surface area contributed by atoms with E-state index in [0.29, 0.717) is 16.5 Å². The van der Waals surface area contributed by atoms with E-state index in [1.54, 1.807) is 25.1 Å². The molecule has 1 N–H and O–H groups in total. The zero-order valence-electron chi connectivity index (χ0n) is 11.9. The van der Waals surface area contributed by atoms with Gasteiger partial charge in [-0.2, -0.15) is 4.68 Å². The van der Waals surface area contributed by atoms with Crippen molar-refractivity contribution in [2.45, 2.75) is 31.2 Å². The van der Waals surface area contributed by atoms with E-state index >= 15 is 0 Å². The van der Waals surface area contributed by atoms with Gasteiger partial charge in [0, 0.05) is 12.6 Å². The van der Waals surface area contributed by atoms with Crippen LogP contribution in [0, 0.1) is 0 Å². The molecule has 0 saturated carbocycles. The summed E-state index contributed by atoms with van der Waals surface area (Å²) in [6.45, 7) is 4.78. The van der Waals surface area contributed by atoms with E-state index in [2.05, 4.69) is 20.8 Å². The molecule has 0 fully saturated rings. The van der Waals surface area contributed by atoms with Crippen molar-refractivity contribution >= 4 is 29.1 Å². The maximum atomic E-state index is 11.3. The van der Waals surface area contributed by atoms with Gasteiger partial charge < -0.3 is 5.32 Å². The van der Waals surface area contributed by atoms with Crippen LogP contribution in [-0.2, 0) is 9.59 Å². The van der Waals surface area contributed by atoms with Gasteiger partial charge in [0.15, 0.2) is 0 Å². The molecule has 0 radical (unpaired) electrons. The number of anilines is 1. The summed E-state index contributed by atoms with van der Waals surface area (Å²) in [6.07, 6.45) is 0. The number of ketones is 1. The Bertz CT molecular complexity index is 670. The summed E-state index contributed by atoms with van der Waals surface area (Å²) in [6, 6.07) is 7.16. The SMILES string of the molecule is CC(=O)Nc1cccc(-n2nnnc2S[C@H](C)C(C)=O)c1. The van der Waals surface area contributed by atoms with Gasteiger partial charge in [-0.15, -0.1) is 5.10 Å². The van der Waals surface area contributed by atoms with E-state index in [9.17, 15) is 9.59 Å². The molecule has 2 aromatic rings. The number of aromatic nitrogens is 4. The normalized spacial score (nSPS) is 12.0. The van der Waals surface area contributed by atoms with Crippen LogP contribution in [0.25, 0.3) is 5.69 Å². The summed E-state index contributed by atoms with van der Waals surface area (Å²) >= 11 is 1.29. The first-order valence-electron chi connectivity index (χ1n) is 6.31. The summed E-state index contributed by atoms with van der Waals surface area (Å²) in [5, 5.41) is 14.5. The number of Topliss-reactive ketones (excluding diaryl/α,β-unsaturated/α-hetero) is 1. The fourth-order valence-electron chi connectivity index (χ4n) is 1.57. The Morgan fingerprint density at radius 3 is 2.76 bits per heavy atom. The Labute approximate surface area is 126 Å². The van der Waals surface area contributed by atoms with Crippen LogP contribution in [0.5, 0.6) is 0 Å². The number of rotatable bonds is 5. The number of carbonyl (C=O) groups excluding carboxylic acids is 2.